The molecule has 6 nitrogen and oxygen atoms in total. The van der Waals surface area contributed by atoms with Gasteiger partial charge in [0, 0.05) is 5.02 Å². The summed E-state index contributed by atoms with van der Waals surface area (Å²) in [4.78, 5) is 26.3. The summed E-state index contributed by atoms with van der Waals surface area (Å²) in [5.41, 5.74) is 1.16. The monoisotopic (exact) mass is 414 g/mol. The number of carbonyl (C=O) groups is 2. The third-order valence-corrected chi connectivity index (χ3v) is 4.48. The smallest absolute Gasteiger partial charge is 0.270 e. The van der Waals surface area contributed by atoms with E-state index in [1.54, 1.807) is 48.6 Å². The van der Waals surface area contributed by atoms with Crippen molar-refractivity contribution in [1.29, 1.82) is 0 Å². The predicted molar refractivity (Wildman–Crippen MR) is 111 cm³/mol. The van der Waals surface area contributed by atoms with Gasteiger partial charge in [0.15, 0.2) is 16.6 Å². The molecule has 8 heteroatoms. The van der Waals surface area contributed by atoms with Crippen molar-refractivity contribution in [3.8, 4) is 11.5 Å². The topological polar surface area (TPSA) is 78.9 Å². The number of halogens is 1. The van der Waals surface area contributed by atoms with Crippen LogP contribution in [0.3, 0.4) is 0 Å². The largest absolute Gasteiger partial charge is 0.504 e. The van der Waals surface area contributed by atoms with Crippen molar-refractivity contribution < 1.29 is 19.4 Å². The average Bonchev–Trinajstić information content (AvgIpc) is 2.67. The standard InChI is InChI=1S/C20H15ClN2O4S/c1-27-17-11-12(5-10-16(17)24)3-2-4-15-18(25)22-20(28)23(19(15)26)14-8-6-13(21)7-9-14/h2-11,24H,1H3,(H,22,25,28)/b3-2-,15-4-. The molecular weight excluding hydrogens is 400 g/mol. The number of thiocarbonyl (C=S) groups is 1. The van der Waals surface area contributed by atoms with Crippen LogP contribution in [-0.2, 0) is 9.59 Å². The van der Waals surface area contributed by atoms with Crippen LogP contribution in [0.2, 0.25) is 5.02 Å². The number of benzene rings is 2. The number of anilines is 1. The van der Waals surface area contributed by atoms with E-state index >= 15 is 0 Å². The van der Waals surface area contributed by atoms with Gasteiger partial charge in [0.05, 0.1) is 12.8 Å². The van der Waals surface area contributed by atoms with Crippen LogP contribution in [0, 0.1) is 0 Å². The van der Waals surface area contributed by atoms with Gasteiger partial charge in [-0.05, 0) is 60.3 Å². The summed E-state index contributed by atoms with van der Waals surface area (Å²) in [5, 5.41) is 12.7. The number of amides is 2. The number of phenolic OH excluding ortho intramolecular Hbond substituents is 1. The molecule has 0 aromatic heterocycles. The van der Waals surface area contributed by atoms with Gasteiger partial charge >= 0.3 is 0 Å². The molecule has 142 valence electrons. The normalized spacial score (nSPS) is 16.0. The van der Waals surface area contributed by atoms with Gasteiger partial charge in [-0.3, -0.25) is 19.8 Å². The lowest BCUT2D eigenvalue weighted by Gasteiger charge is -2.28. The zero-order valence-corrected chi connectivity index (χ0v) is 16.3. The number of hydrogen-bond donors (Lipinski definition) is 2. The number of hydrogen-bond acceptors (Lipinski definition) is 5. The molecule has 0 radical (unpaired) electrons. The average molecular weight is 415 g/mol. The first-order valence-electron chi connectivity index (χ1n) is 8.11. The first kappa shape index (κ1) is 19.6. The van der Waals surface area contributed by atoms with Crippen molar-refractivity contribution >= 4 is 52.5 Å². The van der Waals surface area contributed by atoms with Crippen LogP contribution in [-0.4, -0.2) is 29.1 Å². The summed E-state index contributed by atoms with van der Waals surface area (Å²) in [6.45, 7) is 0. The summed E-state index contributed by atoms with van der Waals surface area (Å²) in [7, 11) is 1.45. The highest BCUT2D eigenvalue weighted by atomic mass is 35.5. The number of nitrogens with zero attached hydrogens (tertiary/aromatic N) is 1. The fourth-order valence-electron chi connectivity index (χ4n) is 2.56. The summed E-state index contributed by atoms with van der Waals surface area (Å²) in [6.07, 6.45) is 4.64. The Hall–Kier alpha value is -3.16. The van der Waals surface area contributed by atoms with Gasteiger partial charge in [0.2, 0.25) is 0 Å². The Morgan fingerprint density at radius 3 is 2.57 bits per heavy atom. The first-order chi connectivity index (χ1) is 13.4. The molecule has 3 rings (SSSR count). The van der Waals surface area contributed by atoms with E-state index in [0.29, 0.717) is 16.5 Å². The maximum atomic E-state index is 12.8. The van der Waals surface area contributed by atoms with Crippen LogP contribution in [0.4, 0.5) is 5.69 Å². The fourth-order valence-corrected chi connectivity index (χ4v) is 2.96. The van der Waals surface area contributed by atoms with Gasteiger partial charge in [-0.15, -0.1) is 0 Å². The summed E-state index contributed by atoms with van der Waals surface area (Å²) in [6, 6.07) is 11.3. The van der Waals surface area contributed by atoms with Crippen molar-refractivity contribution in [2.75, 3.05) is 12.0 Å². The lowest BCUT2D eigenvalue weighted by atomic mass is 10.1. The van der Waals surface area contributed by atoms with Crippen molar-refractivity contribution in [1.82, 2.24) is 5.32 Å². The van der Waals surface area contributed by atoms with Gasteiger partial charge in [-0.2, -0.15) is 0 Å². The number of carbonyl (C=O) groups excluding carboxylic acids is 2. The highest BCUT2D eigenvalue weighted by Gasteiger charge is 2.33. The molecule has 2 N–H and O–H groups in total. The van der Waals surface area contributed by atoms with Crippen LogP contribution in [0.1, 0.15) is 5.56 Å². The highest BCUT2D eigenvalue weighted by molar-refractivity contribution is 7.80. The van der Waals surface area contributed by atoms with E-state index in [1.807, 2.05) is 0 Å². The number of aromatic hydroxyl groups is 1. The quantitative estimate of drug-likeness (QED) is 0.455. The molecule has 1 aliphatic heterocycles. The molecule has 0 aliphatic carbocycles. The minimum atomic E-state index is -0.576. The Bertz CT molecular complexity index is 1020. The second-order valence-electron chi connectivity index (χ2n) is 5.75. The molecule has 1 aliphatic rings. The van der Waals surface area contributed by atoms with Crippen LogP contribution in [0.15, 0.2) is 60.2 Å². The molecule has 1 fully saturated rings. The highest BCUT2D eigenvalue weighted by Crippen LogP contribution is 2.27. The van der Waals surface area contributed by atoms with Gasteiger partial charge in [-0.25, -0.2) is 0 Å². The molecule has 2 aromatic carbocycles. The van der Waals surface area contributed by atoms with E-state index in [1.165, 1.54) is 24.2 Å². The molecule has 0 saturated carbocycles. The SMILES string of the molecule is COc1cc(/C=C\C=C2\C(=O)NC(=S)N(c3ccc(Cl)cc3)C2=O)ccc1O. The third-order valence-electron chi connectivity index (χ3n) is 3.94. The maximum absolute atomic E-state index is 12.8. The second kappa shape index (κ2) is 8.24. The van der Waals surface area contributed by atoms with E-state index in [0.717, 1.165) is 5.56 Å². The van der Waals surface area contributed by atoms with Crippen LogP contribution in [0.5, 0.6) is 11.5 Å². The van der Waals surface area contributed by atoms with Crippen LogP contribution in [0.25, 0.3) is 6.08 Å². The molecular formula is C20H15ClN2O4S. The number of nitrogens with one attached hydrogen (secondary N) is 1. The number of methoxy groups -OCH3 is 1. The minimum Gasteiger partial charge on any atom is -0.504 e. The van der Waals surface area contributed by atoms with E-state index in [2.05, 4.69) is 5.32 Å². The van der Waals surface area contributed by atoms with E-state index in [9.17, 15) is 14.7 Å². The first-order valence-corrected chi connectivity index (χ1v) is 8.90. The zero-order chi connectivity index (χ0) is 20.3. The van der Waals surface area contributed by atoms with Crippen molar-refractivity contribution in [3.05, 3.63) is 70.8 Å². The zero-order valence-electron chi connectivity index (χ0n) is 14.7. The molecule has 0 atom stereocenters. The molecule has 1 saturated heterocycles. The Kier molecular flexibility index (Phi) is 5.77. The number of ether oxygens (including phenoxy) is 1. The van der Waals surface area contributed by atoms with E-state index in [-0.39, 0.29) is 16.4 Å². The van der Waals surface area contributed by atoms with Crippen LogP contribution < -0.4 is 15.0 Å². The van der Waals surface area contributed by atoms with Crippen molar-refractivity contribution in [3.63, 3.8) is 0 Å². The predicted octanol–water partition coefficient (Wildman–Crippen LogP) is 3.44. The Morgan fingerprint density at radius 1 is 1.18 bits per heavy atom. The maximum Gasteiger partial charge on any atom is 0.270 e. The molecule has 0 spiro atoms. The van der Waals surface area contributed by atoms with Gasteiger partial charge in [-0.1, -0.05) is 29.8 Å². The number of rotatable bonds is 4. The molecule has 2 amide bonds. The minimum absolute atomic E-state index is 0.00160. The van der Waals surface area contributed by atoms with Gasteiger partial charge in [0.1, 0.15) is 5.57 Å². The van der Waals surface area contributed by atoms with E-state index in [4.69, 9.17) is 28.6 Å². The second-order valence-corrected chi connectivity index (χ2v) is 6.57. The van der Waals surface area contributed by atoms with Gasteiger partial charge in [0.25, 0.3) is 11.8 Å². The summed E-state index contributed by atoms with van der Waals surface area (Å²) >= 11 is 11.0. The fraction of sp³-hybridized carbons (Fsp3) is 0.0500. The molecule has 0 bridgehead atoms. The third kappa shape index (κ3) is 4.05. The van der Waals surface area contributed by atoms with Gasteiger partial charge < -0.3 is 9.84 Å². The molecule has 1 heterocycles. The lowest BCUT2D eigenvalue weighted by molar-refractivity contribution is -0.122. The molecule has 2 aromatic rings. The number of phenols is 1. The lowest BCUT2D eigenvalue weighted by Crippen LogP contribution is -2.54. The molecule has 28 heavy (non-hydrogen) atoms. The molecule has 0 unspecified atom stereocenters. The summed E-state index contributed by atoms with van der Waals surface area (Å²) < 4.78 is 5.05. The van der Waals surface area contributed by atoms with E-state index < -0.39 is 11.8 Å². The summed E-state index contributed by atoms with van der Waals surface area (Å²) in [5.74, 6) is -0.773. The number of allylic oxidation sites excluding steroid dienone is 2. The van der Waals surface area contributed by atoms with Crippen molar-refractivity contribution in [2.45, 2.75) is 0 Å². The Morgan fingerprint density at radius 2 is 1.89 bits per heavy atom. The van der Waals surface area contributed by atoms with Crippen molar-refractivity contribution in [2.24, 2.45) is 0 Å². The Labute approximate surface area is 171 Å². The Balaban J connectivity index is 1.87. The van der Waals surface area contributed by atoms with Crippen LogP contribution >= 0.6 is 23.8 Å².